The molecule has 2 heterocycles. The van der Waals surface area contributed by atoms with Crippen LogP contribution in [0.15, 0.2) is 48.8 Å². The fourth-order valence-electron chi connectivity index (χ4n) is 4.16. The summed E-state index contributed by atoms with van der Waals surface area (Å²) in [7, 11) is 0. The Bertz CT molecular complexity index is 705. The van der Waals surface area contributed by atoms with Crippen LogP contribution >= 0.6 is 11.6 Å². The molecule has 27 heavy (non-hydrogen) atoms. The molecule has 0 saturated carbocycles. The fourth-order valence-corrected chi connectivity index (χ4v) is 4.37. The molecule has 0 radical (unpaired) electrons. The minimum atomic E-state index is -0.0230. The van der Waals surface area contributed by atoms with Gasteiger partial charge in [-0.2, -0.15) is 0 Å². The van der Waals surface area contributed by atoms with Crippen molar-refractivity contribution in [2.45, 2.75) is 51.7 Å². The molecule has 0 bridgehead atoms. The van der Waals surface area contributed by atoms with Crippen LogP contribution in [0.3, 0.4) is 0 Å². The summed E-state index contributed by atoms with van der Waals surface area (Å²) in [6, 6.07) is 12.4. The van der Waals surface area contributed by atoms with E-state index < -0.39 is 0 Å². The van der Waals surface area contributed by atoms with Gasteiger partial charge < -0.3 is 10.1 Å². The maximum Gasteiger partial charge on any atom is 0.0629 e. The van der Waals surface area contributed by atoms with Crippen LogP contribution in [0.4, 0.5) is 0 Å². The van der Waals surface area contributed by atoms with E-state index in [1.54, 1.807) is 0 Å². The lowest BCUT2D eigenvalue weighted by Gasteiger charge is -2.39. The van der Waals surface area contributed by atoms with Crippen molar-refractivity contribution in [2.24, 2.45) is 11.8 Å². The molecule has 1 aliphatic rings. The minimum absolute atomic E-state index is 0.0230. The molecule has 0 unspecified atom stereocenters. The second-order valence-electron chi connectivity index (χ2n) is 8.24. The number of ether oxygens (including phenoxy) is 1. The first-order valence-electron chi connectivity index (χ1n) is 10.0. The van der Waals surface area contributed by atoms with E-state index in [4.69, 9.17) is 16.3 Å². The second-order valence-corrected chi connectivity index (χ2v) is 8.65. The number of nitrogens with one attached hydrogen (secondary N) is 1. The zero-order valence-corrected chi connectivity index (χ0v) is 17.2. The number of pyridine rings is 1. The fraction of sp³-hybridized carbons (Fsp3) is 0.522. The number of hydrogen-bond acceptors (Lipinski definition) is 3. The van der Waals surface area contributed by atoms with Crippen molar-refractivity contribution in [2.75, 3.05) is 13.2 Å². The lowest BCUT2D eigenvalue weighted by atomic mass is 9.75. The van der Waals surface area contributed by atoms with Crippen molar-refractivity contribution in [3.8, 4) is 0 Å². The van der Waals surface area contributed by atoms with Gasteiger partial charge >= 0.3 is 0 Å². The van der Waals surface area contributed by atoms with Crippen molar-refractivity contribution in [1.29, 1.82) is 0 Å². The highest BCUT2D eigenvalue weighted by Gasteiger charge is 2.33. The Labute approximate surface area is 168 Å². The maximum atomic E-state index is 6.46. The number of nitrogens with zero attached hydrogens (tertiary/aromatic N) is 1. The molecule has 1 fully saturated rings. The van der Waals surface area contributed by atoms with Crippen LogP contribution in [-0.4, -0.2) is 23.7 Å². The molecule has 0 amide bonds. The highest BCUT2D eigenvalue weighted by molar-refractivity contribution is 6.31. The van der Waals surface area contributed by atoms with Gasteiger partial charge in [-0.15, -0.1) is 0 Å². The predicted molar refractivity (Wildman–Crippen MR) is 112 cm³/mol. The van der Waals surface area contributed by atoms with Crippen LogP contribution in [0.1, 0.15) is 44.2 Å². The van der Waals surface area contributed by atoms with E-state index in [1.807, 2.05) is 30.6 Å². The second kappa shape index (κ2) is 9.68. The van der Waals surface area contributed by atoms with E-state index in [0.29, 0.717) is 11.8 Å². The lowest BCUT2D eigenvalue weighted by molar-refractivity contribution is -0.0830. The SMILES string of the molecule is CC1(C)C[C@@H]([C@H](CCNCc2cccnc2)Cc2ccccc2Cl)CCO1. The molecule has 1 aromatic heterocycles. The molecule has 146 valence electrons. The van der Waals surface area contributed by atoms with Crippen molar-refractivity contribution in [3.63, 3.8) is 0 Å². The van der Waals surface area contributed by atoms with E-state index in [2.05, 4.69) is 42.3 Å². The van der Waals surface area contributed by atoms with Crippen molar-refractivity contribution in [3.05, 3.63) is 64.9 Å². The summed E-state index contributed by atoms with van der Waals surface area (Å²) in [4.78, 5) is 4.18. The van der Waals surface area contributed by atoms with E-state index in [0.717, 1.165) is 50.4 Å². The van der Waals surface area contributed by atoms with Gasteiger partial charge in [-0.1, -0.05) is 35.9 Å². The van der Waals surface area contributed by atoms with Gasteiger partial charge in [0.2, 0.25) is 0 Å². The Morgan fingerprint density at radius 3 is 2.85 bits per heavy atom. The number of benzene rings is 1. The van der Waals surface area contributed by atoms with Crippen LogP contribution in [0.5, 0.6) is 0 Å². The third kappa shape index (κ3) is 6.31. The average Bonchev–Trinajstić information content (AvgIpc) is 2.66. The molecule has 1 saturated heterocycles. The Morgan fingerprint density at radius 2 is 2.11 bits per heavy atom. The molecule has 0 aliphatic carbocycles. The molecule has 3 rings (SSSR count). The number of halogens is 1. The summed E-state index contributed by atoms with van der Waals surface area (Å²) >= 11 is 6.46. The Hall–Kier alpha value is -1.42. The molecule has 1 aromatic carbocycles. The highest BCUT2D eigenvalue weighted by atomic mass is 35.5. The van der Waals surface area contributed by atoms with Crippen molar-refractivity contribution < 1.29 is 4.74 Å². The van der Waals surface area contributed by atoms with Crippen LogP contribution < -0.4 is 5.32 Å². The molecule has 0 spiro atoms. The smallest absolute Gasteiger partial charge is 0.0629 e. The standard InChI is InChI=1S/C23H31ClN2O/c1-23(2)15-21(10-13-27-23)19(14-20-7-3-4-8-22(20)24)9-12-26-17-18-6-5-11-25-16-18/h3-8,11,16,19,21,26H,9-10,12-15,17H2,1-2H3/t19-,21+/m1/s1. The zero-order valence-electron chi connectivity index (χ0n) is 16.5. The van der Waals surface area contributed by atoms with Crippen molar-refractivity contribution >= 4 is 11.6 Å². The van der Waals surface area contributed by atoms with Gasteiger partial charge in [0.05, 0.1) is 5.60 Å². The zero-order chi connectivity index (χ0) is 19.1. The quantitative estimate of drug-likeness (QED) is 0.627. The van der Waals surface area contributed by atoms with Crippen LogP contribution in [0, 0.1) is 11.8 Å². The normalized spacial score (nSPS) is 20.3. The predicted octanol–water partition coefficient (Wildman–Crippen LogP) is 5.28. The number of rotatable bonds is 8. The van der Waals surface area contributed by atoms with E-state index in [1.165, 1.54) is 11.1 Å². The average molecular weight is 387 g/mol. The molecule has 2 atom stereocenters. The molecule has 4 heteroatoms. The molecule has 3 nitrogen and oxygen atoms in total. The topological polar surface area (TPSA) is 34.2 Å². The van der Waals surface area contributed by atoms with E-state index >= 15 is 0 Å². The first kappa shape index (κ1) is 20.3. The van der Waals surface area contributed by atoms with Gasteiger partial charge in [0, 0.05) is 30.6 Å². The third-order valence-electron chi connectivity index (χ3n) is 5.59. The van der Waals surface area contributed by atoms with Gasteiger partial charge in [0.15, 0.2) is 0 Å². The Morgan fingerprint density at radius 1 is 1.26 bits per heavy atom. The lowest BCUT2D eigenvalue weighted by Crippen LogP contribution is -2.38. The summed E-state index contributed by atoms with van der Waals surface area (Å²) in [5.41, 5.74) is 2.47. The summed E-state index contributed by atoms with van der Waals surface area (Å²) in [5, 5.41) is 4.47. The number of aromatic nitrogens is 1. The first-order chi connectivity index (χ1) is 13.0. The molecule has 1 aliphatic heterocycles. The summed E-state index contributed by atoms with van der Waals surface area (Å²) in [6.45, 7) is 7.16. The van der Waals surface area contributed by atoms with Gasteiger partial charge in [-0.25, -0.2) is 0 Å². The molecule has 2 aromatic rings. The monoisotopic (exact) mass is 386 g/mol. The maximum absolute atomic E-state index is 6.46. The summed E-state index contributed by atoms with van der Waals surface area (Å²) in [6.07, 6.45) is 8.18. The van der Waals surface area contributed by atoms with Crippen LogP contribution in [0.25, 0.3) is 0 Å². The highest BCUT2D eigenvalue weighted by Crippen LogP contribution is 2.37. The number of hydrogen-bond donors (Lipinski definition) is 1. The third-order valence-corrected chi connectivity index (χ3v) is 5.95. The van der Waals surface area contributed by atoms with Crippen LogP contribution in [0.2, 0.25) is 5.02 Å². The van der Waals surface area contributed by atoms with E-state index in [-0.39, 0.29) is 5.60 Å². The summed E-state index contributed by atoms with van der Waals surface area (Å²) < 4.78 is 5.95. The van der Waals surface area contributed by atoms with Crippen molar-refractivity contribution in [1.82, 2.24) is 10.3 Å². The Kier molecular flexibility index (Phi) is 7.28. The Balaban J connectivity index is 1.61. The van der Waals surface area contributed by atoms with Crippen LogP contribution in [-0.2, 0) is 17.7 Å². The summed E-state index contributed by atoms with van der Waals surface area (Å²) in [5.74, 6) is 1.28. The molecular weight excluding hydrogens is 356 g/mol. The van der Waals surface area contributed by atoms with Gasteiger partial charge in [0.1, 0.15) is 0 Å². The van der Waals surface area contributed by atoms with Gasteiger partial charge in [0.25, 0.3) is 0 Å². The van der Waals surface area contributed by atoms with E-state index in [9.17, 15) is 0 Å². The van der Waals surface area contributed by atoms with Gasteiger partial charge in [-0.3, -0.25) is 4.98 Å². The largest absolute Gasteiger partial charge is 0.376 e. The minimum Gasteiger partial charge on any atom is -0.376 e. The molecular formula is C23H31ClN2O. The van der Waals surface area contributed by atoms with Gasteiger partial charge in [-0.05, 0) is 81.2 Å². The first-order valence-corrected chi connectivity index (χ1v) is 10.4. The molecule has 1 N–H and O–H groups in total.